The summed E-state index contributed by atoms with van der Waals surface area (Å²) in [5, 5.41) is 59.0. The van der Waals surface area contributed by atoms with E-state index in [1.807, 2.05) is 0 Å². The first-order chi connectivity index (χ1) is 41.5. The molecule has 0 saturated carbocycles. The summed E-state index contributed by atoms with van der Waals surface area (Å²) in [7, 11) is 0. The van der Waals surface area contributed by atoms with Crippen LogP contribution >= 0.6 is 0 Å². The van der Waals surface area contributed by atoms with Crippen molar-refractivity contribution in [1.82, 2.24) is 0 Å². The van der Waals surface area contributed by atoms with Gasteiger partial charge in [-0.25, -0.2) is 28.8 Å². The molecule has 8 aliphatic heterocycles. The van der Waals surface area contributed by atoms with Gasteiger partial charge in [0.05, 0.1) is 26.4 Å². The van der Waals surface area contributed by atoms with Crippen molar-refractivity contribution >= 4 is 35.8 Å². The minimum Gasteiger partial charge on any atom is -0.490 e. The van der Waals surface area contributed by atoms with Gasteiger partial charge in [0.25, 0.3) is 0 Å². The van der Waals surface area contributed by atoms with Gasteiger partial charge in [-0.2, -0.15) is 0 Å². The Hall–Kier alpha value is -10.3. The topological polar surface area (TPSA) is 335 Å². The number of aliphatic carboxylic acids is 6. The second kappa shape index (κ2) is 26.5. The highest BCUT2D eigenvalue weighted by Gasteiger charge is 2.28. The summed E-state index contributed by atoms with van der Waals surface area (Å²) in [5.41, 5.74) is 7.87. The van der Waals surface area contributed by atoms with Crippen molar-refractivity contribution in [2.24, 2.45) is 0 Å². The molecular formula is C62H58O24. The average molecular weight is 1190 g/mol. The van der Waals surface area contributed by atoms with E-state index in [0.717, 1.165) is 0 Å². The van der Waals surface area contributed by atoms with Gasteiger partial charge in [-0.3, -0.25) is 0 Å². The van der Waals surface area contributed by atoms with Crippen LogP contribution in [0.2, 0.25) is 0 Å². The first-order valence-corrected chi connectivity index (χ1v) is 27.3. The monoisotopic (exact) mass is 1190 g/mol. The fourth-order valence-corrected chi connectivity index (χ4v) is 10.4. The summed E-state index contributed by atoms with van der Waals surface area (Å²) in [6, 6.07) is 20.4. The lowest BCUT2D eigenvalue weighted by molar-refractivity contribution is -0.140. The third kappa shape index (κ3) is 14.7. The number of ether oxygens (including phenoxy) is 12. The molecular weight excluding hydrogens is 1130 g/mol. The van der Waals surface area contributed by atoms with Crippen LogP contribution in [0.15, 0.2) is 72.8 Å². The number of hydrogen-bond acceptors (Lipinski definition) is 18. The summed E-state index contributed by atoms with van der Waals surface area (Å²) >= 11 is 0. The Morgan fingerprint density at radius 3 is 0.570 bits per heavy atom. The van der Waals surface area contributed by atoms with Crippen molar-refractivity contribution < 1.29 is 116 Å². The molecule has 0 unspecified atom stereocenters. The van der Waals surface area contributed by atoms with E-state index in [1.165, 1.54) is 0 Å². The van der Waals surface area contributed by atoms with E-state index in [1.54, 1.807) is 72.8 Å². The first-order valence-electron chi connectivity index (χ1n) is 27.3. The van der Waals surface area contributed by atoms with Crippen LogP contribution in [0.5, 0.6) is 69.0 Å². The maximum absolute atomic E-state index is 12.1. The third-order valence-corrected chi connectivity index (χ3v) is 14.2. The molecule has 24 heteroatoms. The third-order valence-electron chi connectivity index (χ3n) is 14.2. The number of hydrogen-bond donors (Lipinski definition) is 6. The van der Waals surface area contributed by atoms with E-state index in [0.29, 0.717) is 66.8 Å². The van der Waals surface area contributed by atoms with Gasteiger partial charge in [-0.05, 0) is 178 Å². The zero-order valence-corrected chi connectivity index (χ0v) is 46.1. The molecule has 2 aliphatic carbocycles. The fourth-order valence-electron chi connectivity index (χ4n) is 10.4. The van der Waals surface area contributed by atoms with Gasteiger partial charge < -0.3 is 87.5 Å². The molecule has 0 radical (unpaired) electrons. The smallest absolute Gasteiger partial charge is 0.341 e. The van der Waals surface area contributed by atoms with Gasteiger partial charge in [0.15, 0.2) is 109 Å². The molecule has 0 amide bonds. The molecule has 0 atom stereocenters. The molecule has 6 aromatic carbocycles. The van der Waals surface area contributed by atoms with Gasteiger partial charge in [-0.15, -0.1) is 0 Å². The number of carbonyl (C=O) groups is 6. The van der Waals surface area contributed by atoms with Crippen LogP contribution in [0.4, 0.5) is 0 Å². The second-order valence-corrected chi connectivity index (χ2v) is 20.4. The average Bonchev–Trinajstić information content (AvgIpc) is 2.04. The molecule has 6 N–H and O–H groups in total. The van der Waals surface area contributed by atoms with Crippen LogP contribution in [0.1, 0.15) is 79.6 Å². The van der Waals surface area contributed by atoms with E-state index in [4.69, 9.17) is 56.8 Å². The second-order valence-electron chi connectivity index (χ2n) is 20.4. The van der Waals surface area contributed by atoms with E-state index >= 15 is 0 Å². The molecule has 8 heterocycles. The molecule has 0 fully saturated rings. The summed E-state index contributed by atoms with van der Waals surface area (Å²) < 4.78 is 73.9. The Balaban J connectivity index is 1.21. The quantitative estimate of drug-likeness (QED) is 0.0540. The first kappa shape index (κ1) is 58.9. The Bertz CT molecular complexity index is 3390. The van der Waals surface area contributed by atoms with Crippen molar-refractivity contribution in [2.45, 2.75) is 51.4 Å². The SMILES string of the molecule is O=C(O)COc1cc2c3cc1OCCCOc1cc4c(cc1OCC(=O)O)Cc1cc5c(OCC(=O)O)cc1Cc1cc(c(OCC(=O)O)cc1C4)OCCCOc1cc(c(cc1OCC(=O)O)Cc1cc(c(OCC(=O)O)cc1C3)OCCO5)C2. The molecule has 16 bridgehead atoms. The van der Waals surface area contributed by atoms with Crippen LogP contribution in [-0.2, 0) is 67.3 Å². The Kier molecular flexibility index (Phi) is 18.2. The lowest BCUT2D eigenvalue weighted by atomic mass is 9.94. The highest BCUT2D eigenvalue weighted by Crippen LogP contribution is 2.44. The normalized spacial score (nSPS) is 14.1. The molecule has 16 rings (SSSR count). The standard InChI is InChI=1S/C62H58O24/c63-57(64)27-81-51-21-39-10-34-16-46-54(84-30-60(69)70)24-42(34)14-38-20-50-55(85-31-61(71)72)25-43(38)11-35(39)17-47(51)77-5-1-3-75-45-15-33-9-40-22-52(82-28-58(65)66)48(78-6-2-4-76-46)18-36(40)12-44-26-56(86-32-62(73)74)49(79-7-8-80-50)19-37(44)13-41(33)23-53(45)83-29-59(67)68/h15-26H,1-14,27-32H2,(H,63,64)(H,65,66)(H,67,68)(H,69,70)(H,71,72)(H,73,74). The molecule has 0 spiro atoms. The summed E-state index contributed by atoms with van der Waals surface area (Å²) in [6.45, 7) is -4.85. The minimum absolute atomic E-state index is 0.0121. The molecule has 0 aromatic heterocycles. The predicted molar refractivity (Wildman–Crippen MR) is 296 cm³/mol. The van der Waals surface area contributed by atoms with Crippen molar-refractivity contribution in [2.75, 3.05) is 79.3 Å². The van der Waals surface area contributed by atoms with Crippen LogP contribution in [-0.4, -0.2) is 146 Å². The van der Waals surface area contributed by atoms with E-state index < -0.39 is 75.5 Å². The molecule has 10 aliphatic rings. The van der Waals surface area contributed by atoms with Crippen molar-refractivity contribution in [3.8, 4) is 69.0 Å². The van der Waals surface area contributed by atoms with Crippen LogP contribution in [0.25, 0.3) is 0 Å². The van der Waals surface area contributed by atoms with Crippen molar-refractivity contribution in [1.29, 1.82) is 0 Å². The zero-order valence-electron chi connectivity index (χ0n) is 46.1. The maximum atomic E-state index is 12.1. The summed E-state index contributed by atoms with van der Waals surface area (Å²) in [6.07, 6.45) is 1.41. The van der Waals surface area contributed by atoms with Crippen LogP contribution < -0.4 is 56.8 Å². The Morgan fingerprint density at radius 2 is 0.407 bits per heavy atom. The fraction of sp³-hybridized carbons (Fsp3) is 0.323. The highest BCUT2D eigenvalue weighted by molar-refractivity contribution is 5.72. The van der Waals surface area contributed by atoms with Gasteiger partial charge >= 0.3 is 35.8 Å². The molecule has 24 nitrogen and oxygen atoms in total. The van der Waals surface area contributed by atoms with Gasteiger partial charge in [-0.1, -0.05) is 0 Å². The maximum Gasteiger partial charge on any atom is 0.341 e. The summed E-state index contributed by atoms with van der Waals surface area (Å²) in [4.78, 5) is 72.3. The number of carboxylic acids is 6. The van der Waals surface area contributed by atoms with E-state index in [2.05, 4.69) is 0 Å². The number of carboxylic acid groups (broad SMARTS) is 6. The Morgan fingerprint density at radius 1 is 0.256 bits per heavy atom. The molecule has 86 heavy (non-hydrogen) atoms. The lowest BCUT2D eigenvalue weighted by Gasteiger charge is -2.20. The predicted octanol–water partition coefficient (Wildman–Crippen LogP) is 6.42. The zero-order chi connectivity index (χ0) is 60.4. The van der Waals surface area contributed by atoms with E-state index in [9.17, 15) is 59.4 Å². The van der Waals surface area contributed by atoms with Crippen LogP contribution in [0, 0.1) is 0 Å². The largest absolute Gasteiger partial charge is 0.490 e. The molecule has 6 aromatic rings. The van der Waals surface area contributed by atoms with Gasteiger partial charge in [0.2, 0.25) is 0 Å². The van der Waals surface area contributed by atoms with Crippen molar-refractivity contribution in [3.63, 3.8) is 0 Å². The number of benzene rings is 6. The highest BCUT2D eigenvalue weighted by atomic mass is 16.6. The number of rotatable bonds is 18. The Labute approximate surface area is 489 Å². The van der Waals surface area contributed by atoms with Gasteiger partial charge in [0.1, 0.15) is 13.2 Å². The van der Waals surface area contributed by atoms with Crippen molar-refractivity contribution in [3.05, 3.63) is 140 Å². The molecule has 450 valence electrons. The molecule has 0 saturated heterocycles. The summed E-state index contributed by atoms with van der Waals surface area (Å²) in [5.74, 6) is -6.07. The van der Waals surface area contributed by atoms with E-state index in [-0.39, 0.29) is 160 Å². The minimum atomic E-state index is -1.27. The lowest BCUT2D eigenvalue weighted by Crippen LogP contribution is -2.15. The van der Waals surface area contributed by atoms with Crippen LogP contribution in [0.3, 0.4) is 0 Å². The van der Waals surface area contributed by atoms with Gasteiger partial charge in [0, 0.05) is 12.8 Å².